The summed E-state index contributed by atoms with van der Waals surface area (Å²) in [5, 5.41) is 24.0. The van der Waals surface area contributed by atoms with Gasteiger partial charge in [0.2, 0.25) is 11.8 Å². The van der Waals surface area contributed by atoms with Gasteiger partial charge < -0.3 is 30.6 Å². The van der Waals surface area contributed by atoms with Crippen LogP contribution in [0.25, 0.3) is 0 Å². The lowest BCUT2D eigenvalue weighted by atomic mass is 10.0. The number of amides is 4. The Hall–Kier alpha value is -7.34. The first-order valence-electron chi connectivity index (χ1n) is 19.0. The maximum Gasteiger partial charge on any atom is 0.336 e. The van der Waals surface area contributed by atoms with Gasteiger partial charge in [0.1, 0.15) is 0 Å². The van der Waals surface area contributed by atoms with Crippen molar-refractivity contribution >= 4 is 46.9 Å². The molecule has 0 saturated heterocycles. The molecule has 0 radical (unpaired) electrons. The van der Waals surface area contributed by atoms with Crippen molar-refractivity contribution in [3.8, 4) is 0 Å². The van der Waals surface area contributed by atoms with Crippen LogP contribution in [0.3, 0.4) is 0 Å². The maximum atomic E-state index is 13.4. The summed E-state index contributed by atoms with van der Waals surface area (Å²) in [5.41, 5.74) is 4.17. The van der Waals surface area contributed by atoms with Gasteiger partial charge in [-0.25, -0.2) is 4.79 Å². The number of aliphatic carboxylic acids is 1. The molecule has 0 aromatic heterocycles. The minimum Gasteiger partial charge on any atom is -0.481 e. The van der Waals surface area contributed by atoms with E-state index >= 15 is 0 Å². The highest BCUT2D eigenvalue weighted by molar-refractivity contribution is 6.06. The van der Waals surface area contributed by atoms with Gasteiger partial charge in [-0.3, -0.25) is 24.0 Å². The molecule has 0 atom stereocenters. The molecule has 0 unspecified atom stereocenters. The van der Waals surface area contributed by atoms with Crippen LogP contribution in [0.5, 0.6) is 0 Å². The van der Waals surface area contributed by atoms with Crippen LogP contribution in [0.1, 0.15) is 80.5 Å². The SMILES string of the molecule is C=CC(=O)Nc1ccc(C(=O)N(C)Cc2ccccc2)c(CC(=O)O)c1.CC.CCC(=O)Nc1ccc(C(=O)N(Cc2ccccc2)Cc2ccccc2)c(C(=O)O)c1. The molecule has 0 fully saturated rings. The lowest BCUT2D eigenvalue weighted by Crippen LogP contribution is -2.31. The number of carboxylic acids is 2. The van der Waals surface area contributed by atoms with E-state index < -0.39 is 23.8 Å². The van der Waals surface area contributed by atoms with Crippen LogP contribution in [0.15, 0.2) is 140 Å². The molecule has 0 aliphatic carbocycles. The summed E-state index contributed by atoms with van der Waals surface area (Å²) >= 11 is 0. The third-order valence-corrected chi connectivity index (χ3v) is 8.54. The molecular formula is C47H50N4O8. The van der Waals surface area contributed by atoms with Crippen LogP contribution in [0.4, 0.5) is 11.4 Å². The van der Waals surface area contributed by atoms with Crippen LogP contribution < -0.4 is 10.6 Å². The molecule has 4 N–H and O–H groups in total. The van der Waals surface area contributed by atoms with Crippen molar-refractivity contribution in [3.05, 3.63) is 179 Å². The van der Waals surface area contributed by atoms with E-state index in [0.29, 0.717) is 42.1 Å². The van der Waals surface area contributed by atoms with Crippen LogP contribution in [-0.4, -0.2) is 62.6 Å². The van der Waals surface area contributed by atoms with Crippen molar-refractivity contribution in [1.82, 2.24) is 9.80 Å². The second kappa shape index (κ2) is 23.7. The summed E-state index contributed by atoms with van der Waals surface area (Å²) < 4.78 is 0. The fraction of sp³-hybridized carbons (Fsp3) is 0.191. The van der Waals surface area contributed by atoms with Crippen LogP contribution in [-0.2, 0) is 40.4 Å². The summed E-state index contributed by atoms with van der Waals surface area (Å²) in [5.74, 6) is -3.60. The van der Waals surface area contributed by atoms with Gasteiger partial charge in [0.25, 0.3) is 11.8 Å². The molecular weight excluding hydrogens is 749 g/mol. The molecule has 5 aromatic rings. The number of anilines is 2. The average Bonchev–Trinajstić information content (AvgIpc) is 3.24. The number of hydrogen-bond acceptors (Lipinski definition) is 6. The Morgan fingerprint density at radius 3 is 1.54 bits per heavy atom. The second-order valence-corrected chi connectivity index (χ2v) is 12.9. The predicted molar refractivity (Wildman–Crippen MR) is 229 cm³/mol. The summed E-state index contributed by atoms with van der Waals surface area (Å²) in [6.07, 6.45) is 1.06. The Bertz CT molecular complexity index is 2170. The monoisotopic (exact) mass is 798 g/mol. The molecule has 0 aliphatic heterocycles. The Labute approximate surface area is 344 Å². The summed E-state index contributed by atoms with van der Waals surface area (Å²) in [6.45, 7) is 10.1. The minimum atomic E-state index is -1.23. The van der Waals surface area contributed by atoms with E-state index in [4.69, 9.17) is 5.11 Å². The van der Waals surface area contributed by atoms with Crippen molar-refractivity contribution < 1.29 is 39.0 Å². The zero-order chi connectivity index (χ0) is 43.3. The van der Waals surface area contributed by atoms with Gasteiger partial charge in [0, 0.05) is 50.0 Å². The van der Waals surface area contributed by atoms with Crippen molar-refractivity contribution in [3.63, 3.8) is 0 Å². The number of benzene rings is 5. The molecule has 0 saturated carbocycles. The van der Waals surface area contributed by atoms with Crippen molar-refractivity contribution in [2.75, 3.05) is 17.7 Å². The predicted octanol–water partition coefficient (Wildman–Crippen LogP) is 8.31. The number of nitrogens with zero attached hydrogens (tertiary/aromatic N) is 2. The third kappa shape index (κ3) is 14.6. The Morgan fingerprint density at radius 2 is 1.08 bits per heavy atom. The second-order valence-electron chi connectivity index (χ2n) is 12.9. The third-order valence-electron chi connectivity index (χ3n) is 8.54. The number of nitrogens with one attached hydrogen (secondary N) is 2. The quantitative estimate of drug-likeness (QED) is 0.0766. The highest BCUT2D eigenvalue weighted by Crippen LogP contribution is 2.22. The van der Waals surface area contributed by atoms with E-state index in [2.05, 4.69) is 17.2 Å². The Balaban J connectivity index is 0.000000307. The number of carbonyl (C=O) groups excluding carboxylic acids is 4. The average molecular weight is 799 g/mol. The van der Waals surface area contributed by atoms with Crippen LogP contribution >= 0.6 is 0 Å². The topological polar surface area (TPSA) is 173 Å². The van der Waals surface area contributed by atoms with Gasteiger partial charge >= 0.3 is 11.9 Å². The highest BCUT2D eigenvalue weighted by atomic mass is 16.4. The van der Waals surface area contributed by atoms with Gasteiger partial charge in [-0.05, 0) is 64.7 Å². The van der Waals surface area contributed by atoms with Crippen LogP contribution in [0, 0.1) is 0 Å². The molecule has 0 heterocycles. The Morgan fingerprint density at radius 1 is 0.610 bits per heavy atom. The van der Waals surface area contributed by atoms with Gasteiger partial charge in [-0.2, -0.15) is 0 Å². The number of aromatic carboxylic acids is 1. The summed E-state index contributed by atoms with van der Waals surface area (Å²) in [7, 11) is 1.66. The lowest BCUT2D eigenvalue weighted by Gasteiger charge is -2.24. The smallest absolute Gasteiger partial charge is 0.336 e. The largest absolute Gasteiger partial charge is 0.481 e. The van der Waals surface area contributed by atoms with Gasteiger partial charge in [0.15, 0.2) is 0 Å². The molecule has 0 bridgehead atoms. The number of hydrogen-bond donors (Lipinski definition) is 4. The molecule has 0 spiro atoms. The summed E-state index contributed by atoms with van der Waals surface area (Å²) in [4.78, 5) is 75.5. The van der Waals surface area contributed by atoms with Crippen molar-refractivity contribution in [1.29, 1.82) is 0 Å². The van der Waals surface area contributed by atoms with E-state index in [1.165, 1.54) is 29.2 Å². The first-order valence-corrected chi connectivity index (χ1v) is 19.0. The first kappa shape index (κ1) is 46.0. The summed E-state index contributed by atoms with van der Waals surface area (Å²) in [6, 6.07) is 37.5. The zero-order valence-corrected chi connectivity index (χ0v) is 33.7. The van der Waals surface area contributed by atoms with E-state index in [0.717, 1.165) is 22.8 Å². The Kier molecular flexibility index (Phi) is 18.5. The number of rotatable bonds is 15. The van der Waals surface area contributed by atoms with E-state index in [1.807, 2.05) is 105 Å². The molecule has 59 heavy (non-hydrogen) atoms. The highest BCUT2D eigenvalue weighted by Gasteiger charge is 2.24. The molecule has 306 valence electrons. The van der Waals surface area contributed by atoms with E-state index in [-0.39, 0.29) is 35.8 Å². The van der Waals surface area contributed by atoms with Crippen LogP contribution in [0.2, 0.25) is 0 Å². The van der Waals surface area contributed by atoms with Gasteiger partial charge in [-0.1, -0.05) is 118 Å². The zero-order valence-electron chi connectivity index (χ0n) is 33.7. The van der Waals surface area contributed by atoms with Gasteiger partial charge in [-0.15, -0.1) is 0 Å². The fourth-order valence-electron chi connectivity index (χ4n) is 5.73. The number of carboxylic acid groups (broad SMARTS) is 2. The molecule has 5 aromatic carbocycles. The van der Waals surface area contributed by atoms with Crippen molar-refractivity contribution in [2.45, 2.75) is 53.2 Å². The standard InChI is InChI=1S/C25H24N2O4.C20H20N2O4.C2H6/c1-2-23(28)26-20-13-14-21(22(15-20)25(30)31)24(29)27(16-18-9-5-3-6-10-18)17-19-11-7-4-8-12-19;1-3-18(23)21-16-9-10-17(15(11-16)12-19(24)25)20(26)22(2)13-14-7-5-4-6-8-14;1-2/h3-15H,2,16-17H2,1H3,(H,26,28)(H,30,31);3-11H,1,12-13H2,2H3,(H,21,23)(H,24,25);1-2H3. The minimum absolute atomic E-state index is 0.0776. The molecule has 5 rings (SSSR count). The van der Waals surface area contributed by atoms with E-state index in [1.54, 1.807) is 31.0 Å². The first-order chi connectivity index (χ1) is 28.4. The maximum absolute atomic E-state index is 13.4. The molecule has 12 heteroatoms. The fourth-order valence-corrected chi connectivity index (χ4v) is 5.73. The molecule has 4 amide bonds. The molecule has 12 nitrogen and oxygen atoms in total. The molecule has 0 aliphatic rings. The van der Waals surface area contributed by atoms with Gasteiger partial charge in [0.05, 0.1) is 17.5 Å². The lowest BCUT2D eigenvalue weighted by molar-refractivity contribution is -0.136. The number of carbonyl (C=O) groups is 6. The van der Waals surface area contributed by atoms with Crippen molar-refractivity contribution in [2.24, 2.45) is 0 Å². The van der Waals surface area contributed by atoms with E-state index in [9.17, 15) is 33.9 Å². The normalized spacial score (nSPS) is 9.97.